The predicted octanol–water partition coefficient (Wildman–Crippen LogP) is 2.47. The molecule has 1 N–H and O–H groups in total. The molecule has 0 aliphatic heterocycles. The molecule has 0 saturated heterocycles. The zero-order valence-corrected chi connectivity index (χ0v) is 13.9. The Morgan fingerprint density at radius 3 is 2.82 bits per heavy atom. The SMILES string of the molecule is CCOC(=O)c1cnc(SCC(=O)N(C)C2CCCCC2)[nH]1. The maximum atomic E-state index is 12.2. The fourth-order valence-electron chi connectivity index (χ4n) is 2.59. The van der Waals surface area contributed by atoms with Crippen LogP contribution in [-0.4, -0.2) is 52.2 Å². The Morgan fingerprint density at radius 2 is 2.14 bits per heavy atom. The average molecular weight is 325 g/mol. The highest BCUT2D eigenvalue weighted by atomic mass is 32.2. The van der Waals surface area contributed by atoms with Gasteiger partial charge < -0.3 is 14.6 Å². The van der Waals surface area contributed by atoms with Gasteiger partial charge >= 0.3 is 5.97 Å². The van der Waals surface area contributed by atoms with Crippen molar-refractivity contribution in [3.63, 3.8) is 0 Å². The third kappa shape index (κ3) is 4.50. The van der Waals surface area contributed by atoms with Crippen molar-refractivity contribution in [1.29, 1.82) is 0 Å². The lowest BCUT2D eigenvalue weighted by Crippen LogP contribution is -2.39. The van der Waals surface area contributed by atoms with Crippen LogP contribution in [0.3, 0.4) is 0 Å². The van der Waals surface area contributed by atoms with Crippen molar-refractivity contribution in [1.82, 2.24) is 14.9 Å². The standard InChI is InChI=1S/C15H23N3O3S/c1-3-21-14(20)12-9-16-15(17-12)22-10-13(19)18(2)11-7-5-4-6-8-11/h9,11H,3-8,10H2,1-2H3,(H,16,17). The highest BCUT2D eigenvalue weighted by molar-refractivity contribution is 7.99. The van der Waals surface area contributed by atoms with Crippen LogP contribution in [0.25, 0.3) is 0 Å². The minimum atomic E-state index is -0.424. The van der Waals surface area contributed by atoms with Gasteiger partial charge in [0.25, 0.3) is 0 Å². The topological polar surface area (TPSA) is 75.3 Å². The zero-order chi connectivity index (χ0) is 15.9. The molecule has 1 amide bonds. The zero-order valence-electron chi connectivity index (χ0n) is 13.1. The van der Waals surface area contributed by atoms with Crippen molar-refractivity contribution in [3.05, 3.63) is 11.9 Å². The molecule has 1 fully saturated rings. The number of amides is 1. The molecule has 0 atom stereocenters. The van der Waals surface area contributed by atoms with E-state index in [2.05, 4.69) is 9.97 Å². The molecule has 0 radical (unpaired) electrons. The van der Waals surface area contributed by atoms with Crippen molar-refractivity contribution < 1.29 is 14.3 Å². The molecule has 1 heterocycles. The summed E-state index contributed by atoms with van der Waals surface area (Å²) in [6.07, 6.45) is 7.32. The number of carbonyl (C=O) groups is 2. The number of rotatable bonds is 6. The molecule has 0 bridgehead atoms. The molecule has 0 aromatic carbocycles. The summed E-state index contributed by atoms with van der Waals surface area (Å²) < 4.78 is 4.89. The van der Waals surface area contributed by atoms with Crippen LogP contribution < -0.4 is 0 Å². The van der Waals surface area contributed by atoms with Gasteiger partial charge in [0.1, 0.15) is 5.69 Å². The number of H-pyrrole nitrogens is 1. The van der Waals surface area contributed by atoms with E-state index in [4.69, 9.17) is 4.74 Å². The minimum absolute atomic E-state index is 0.103. The van der Waals surface area contributed by atoms with E-state index in [0.29, 0.717) is 29.3 Å². The molecular weight excluding hydrogens is 302 g/mol. The van der Waals surface area contributed by atoms with E-state index in [-0.39, 0.29) is 5.91 Å². The van der Waals surface area contributed by atoms with Crippen LogP contribution in [0.2, 0.25) is 0 Å². The molecule has 0 spiro atoms. The van der Waals surface area contributed by atoms with Crippen molar-refractivity contribution in [2.45, 2.75) is 50.2 Å². The number of nitrogens with zero attached hydrogens (tertiary/aromatic N) is 2. The van der Waals surface area contributed by atoms with Gasteiger partial charge in [0.2, 0.25) is 5.91 Å². The second-order valence-electron chi connectivity index (χ2n) is 5.41. The molecule has 1 aliphatic rings. The van der Waals surface area contributed by atoms with Gasteiger partial charge in [-0.05, 0) is 19.8 Å². The largest absolute Gasteiger partial charge is 0.461 e. The first-order chi connectivity index (χ1) is 10.6. The molecular formula is C15H23N3O3S. The third-order valence-corrected chi connectivity index (χ3v) is 4.77. The van der Waals surface area contributed by atoms with E-state index >= 15 is 0 Å². The van der Waals surface area contributed by atoms with Gasteiger partial charge in [-0.15, -0.1) is 0 Å². The Kier molecular flexibility index (Phi) is 6.30. The Balaban J connectivity index is 1.81. The van der Waals surface area contributed by atoms with E-state index < -0.39 is 5.97 Å². The van der Waals surface area contributed by atoms with Crippen LogP contribution in [0.4, 0.5) is 0 Å². The van der Waals surface area contributed by atoms with Crippen LogP contribution in [0, 0.1) is 0 Å². The summed E-state index contributed by atoms with van der Waals surface area (Å²) in [5, 5.41) is 0.563. The first-order valence-electron chi connectivity index (χ1n) is 7.72. The number of thioether (sulfide) groups is 1. The average Bonchev–Trinajstić information content (AvgIpc) is 3.02. The number of hydrogen-bond donors (Lipinski definition) is 1. The number of aromatic nitrogens is 2. The molecule has 1 aliphatic carbocycles. The summed E-state index contributed by atoms with van der Waals surface area (Å²) >= 11 is 1.31. The minimum Gasteiger partial charge on any atom is -0.461 e. The normalized spacial score (nSPS) is 15.5. The second kappa shape index (κ2) is 8.22. The van der Waals surface area contributed by atoms with Crippen molar-refractivity contribution in [2.24, 2.45) is 0 Å². The summed E-state index contributed by atoms with van der Waals surface area (Å²) in [4.78, 5) is 32.6. The Labute approximate surface area is 135 Å². The molecule has 0 unspecified atom stereocenters. The molecule has 22 heavy (non-hydrogen) atoms. The molecule has 1 saturated carbocycles. The Morgan fingerprint density at radius 1 is 1.41 bits per heavy atom. The Hall–Kier alpha value is -1.50. The van der Waals surface area contributed by atoms with Gasteiger partial charge in [0, 0.05) is 13.1 Å². The van der Waals surface area contributed by atoms with Crippen LogP contribution >= 0.6 is 11.8 Å². The molecule has 6 nitrogen and oxygen atoms in total. The van der Waals surface area contributed by atoms with Crippen LogP contribution in [0.15, 0.2) is 11.4 Å². The lowest BCUT2D eigenvalue weighted by Gasteiger charge is -2.31. The first kappa shape index (κ1) is 16.9. The maximum Gasteiger partial charge on any atom is 0.356 e. The lowest BCUT2D eigenvalue weighted by molar-refractivity contribution is -0.129. The fraction of sp³-hybridized carbons (Fsp3) is 0.667. The smallest absolute Gasteiger partial charge is 0.356 e. The second-order valence-corrected chi connectivity index (χ2v) is 6.37. The summed E-state index contributed by atoms with van der Waals surface area (Å²) in [6, 6.07) is 0.369. The van der Waals surface area contributed by atoms with E-state index in [1.54, 1.807) is 6.92 Å². The number of hydrogen-bond acceptors (Lipinski definition) is 5. The molecule has 2 rings (SSSR count). The third-order valence-electron chi connectivity index (χ3n) is 3.90. The van der Waals surface area contributed by atoms with E-state index in [1.165, 1.54) is 37.2 Å². The monoisotopic (exact) mass is 325 g/mol. The molecule has 122 valence electrons. The van der Waals surface area contributed by atoms with Crippen LogP contribution in [0.1, 0.15) is 49.5 Å². The number of ether oxygens (including phenoxy) is 1. The number of esters is 1. The first-order valence-corrected chi connectivity index (χ1v) is 8.71. The van der Waals surface area contributed by atoms with Gasteiger partial charge in [-0.1, -0.05) is 31.0 Å². The quantitative estimate of drug-likeness (QED) is 0.642. The summed E-state index contributed by atoms with van der Waals surface area (Å²) in [6.45, 7) is 2.08. The van der Waals surface area contributed by atoms with E-state index in [9.17, 15) is 9.59 Å². The molecule has 1 aromatic heterocycles. The van der Waals surface area contributed by atoms with Gasteiger partial charge in [-0.25, -0.2) is 9.78 Å². The number of aromatic amines is 1. The number of nitrogens with one attached hydrogen (secondary N) is 1. The van der Waals surface area contributed by atoms with Gasteiger partial charge in [-0.3, -0.25) is 4.79 Å². The molecule has 7 heteroatoms. The van der Waals surface area contributed by atoms with Crippen LogP contribution in [-0.2, 0) is 9.53 Å². The summed E-state index contributed by atoms with van der Waals surface area (Å²) in [7, 11) is 1.88. The van der Waals surface area contributed by atoms with Crippen LogP contribution in [0.5, 0.6) is 0 Å². The van der Waals surface area contributed by atoms with Crippen molar-refractivity contribution in [2.75, 3.05) is 19.4 Å². The van der Waals surface area contributed by atoms with Crippen molar-refractivity contribution >= 4 is 23.6 Å². The maximum absolute atomic E-state index is 12.2. The summed E-state index contributed by atoms with van der Waals surface area (Å²) in [5.74, 6) is 0.00135. The lowest BCUT2D eigenvalue weighted by atomic mass is 9.94. The van der Waals surface area contributed by atoms with Crippen molar-refractivity contribution in [3.8, 4) is 0 Å². The number of imidazole rings is 1. The Bertz CT molecular complexity index is 512. The molecule has 1 aromatic rings. The number of carbonyl (C=O) groups excluding carboxylic acids is 2. The van der Waals surface area contributed by atoms with Gasteiger partial charge in [0.05, 0.1) is 18.6 Å². The predicted molar refractivity (Wildman–Crippen MR) is 84.9 cm³/mol. The van der Waals surface area contributed by atoms with Gasteiger partial charge in [-0.2, -0.15) is 0 Å². The fourth-order valence-corrected chi connectivity index (χ4v) is 3.37. The highest BCUT2D eigenvalue weighted by Gasteiger charge is 2.22. The van der Waals surface area contributed by atoms with E-state index in [1.807, 2.05) is 11.9 Å². The van der Waals surface area contributed by atoms with Gasteiger partial charge in [0.15, 0.2) is 5.16 Å². The highest BCUT2D eigenvalue weighted by Crippen LogP contribution is 2.23. The summed E-state index contributed by atoms with van der Waals surface area (Å²) in [5.41, 5.74) is 0.317. The van der Waals surface area contributed by atoms with E-state index in [0.717, 1.165) is 12.8 Å².